The molecule has 5 nitrogen and oxygen atoms in total. The minimum atomic E-state index is -0.625. The average molecular weight is 346 g/mol. The van der Waals surface area contributed by atoms with Gasteiger partial charge in [-0.25, -0.2) is 9.97 Å². The molecular formula is C16H18N4OS2. The van der Waals surface area contributed by atoms with E-state index >= 15 is 0 Å². The molecule has 1 amide bonds. The third-order valence-corrected chi connectivity index (χ3v) is 6.46. The van der Waals surface area contributed by atoms with E-state index in [1.165, 1.54) is 18.1 Å². The number of hydrogen-bond acceptors (Lipinski definition) is 6. The van der Waals surface area contributed by atoms with Crippen LogP contribution in [0.25, 0.3) is 10.2 Å². The molecule has 0 radical (unpaired) electrons. The fourth-order valence-corrected chi connectivity index (χ4v) is 4.85. The molecule has 0 bridgehead atoms. The number of amides is 1. The molecule has 2 aromatic rings. The van der Waals surface area contributed by atoms with Crippen LogP contribution in [-0.2, 0) is 4.79 Å². The Hall–Kier alpha value is -1.65. The number of thiophene rings is 1. The van der Waals surface area contributed by atoms with E-state index in [0.29, 0.717) is 5.75 Å². The number of hydrogen-bond donors (Lipinski definition) is 0. The SMILES string of the molecule is CN(C(=O)CSc1ncnc2ccsc12)C1(C#N)CCCCC1. The van der Waals surface area contributed by atoms with E-state index in [2.05, 4.69) is 16.0 Å². The predicted octanol–water partition coefficient (Wildman–Crippen LogP) is 3.47. The van der Waals surface area contributed by atoms with Crippen molar-refractivity contribution in [1.29, 1.82) is 5.26 Å². The van der Waals surface area contributed by atoms with Crippen molar-refractivity contribution in [3.8, 4) is 6.07 Å². The summed E-state index contributed by atoms with van der Waals surface area (Å²) in [5.41, 5.74) is 0.286. The van der Waals surface area contributed by atoms with Crippen LogP contribution in [0, 0.1) is 11.3 Å². The number of fused-ring (bicyclic) bond motifs is 1. The van der Waals surface area contributed by atoms with Crippen molar-refractivity contribution >= 4 is 39.2 Å². The van der Waals surface area contributed by atoms with E-state index in [4.69, 9.17) is 0 Å². The summed E-state index contributed by atoms with van der Waals surface area (Å²) in [7, 11) is 1.76. The van der Waals surface area contributed by atoms with Crippen LogP contribution in [0.4, 0.5) is 0 Å². The second-order valence-electron chi connectivity index (χ2n) is 5.76. The quantitative estimate of drug-likeness (QED) is 0.626. The molecule has 23 heavy (non-hydrogen) atoms. The van der Waals surface area contributed by atoms with Crippen LogP contribution < -0.4 is 0 Å². The molecule has 1 saturated carbocycles. The van der Waals surface area contributed by atoms with Gasteiger partial charge < -0.3 is 4.90 Å². The predicted molar refractivity (Wildman–Crippen MR) is 92.3 cm³/mol. The highest BCUT2D eigenvalue weighted by Gasteiger charge is 2.38. The average Bonchev–Trinajstić information content (AvgIpc) is 3.08. The molecule has 0 unspecified atom stereocenters. The Kier molecular flexibility index (Phi) is 4.83. The first-order chi connectivity index (χ1) is 11.2. The zero-order chi connectivity index (χ0) is 16.3. The van der Waals surface area contributed by atoms with Crippen molar-refractivity contribution in [2.75, 3.05) is 12.8 Å². The van der Waals surface area contributed by atoms with Gasteiger partial charge >= 0.3 is 0 Å². The molecule has 7 heteroatoms. The molecule has 1 fully saturated rings. The Morgan fingerprint density at radius 2 is 2.22 bits per heavy atom. The minimum Gasteiger partial charge on any atom is -0.326 e. The largest absolute Gasteiger partial charge is 0.326 e. The van der Waals surface area contributed by atoms with Gasteiger partial charge in [0.25, 0.3) is 0 Å². The summed E-state index contributed by atoms with van der Waals surface area (Å²) in [4.78, 5) is 22.7. The summed E-state index contributed by atoms with van der Waals surface area (Å²) in [6.45, 7) is 0. The zero-order valence-corrected chi connectivity index (χ0v) is 14.6. The number of nitrogens with zero attached hydrogens (tertiary/aromatic N) is 4. The number of thioether (sulfide) groups is 1. The highest BCUT2D eigenvalue weighted by Crippen LogP contribution is 2.34. The van der Waals surface area contributed by atoms with E-state index in [1.807, 2.05) is 11.4 Å². The van der Waals surface area contributed by atoms with Gasteiger partial charge in [0.05, 0.1) is 22.0 Å². The van der Waals surface area contributed by atoms with Gasteiger partial charge in [-0.2, -0.15) is 5.26 Å². The van der Waals surface area contributed by atoms with Crippen molar-refractivity contribution in [1.82, 2.24) is 14.9 Å². The molecule has 0 aliphatic heterocycles. The van der Waals surface area contributed by atoms with Gasteiger partial charge in [0.15, 0.2) is 0 Å². The summed E-state index contributed by atoms with van der Waals surface area (Å²) in [5, 5.41) is 12.4. The molecule has 2 aromatic heterocycles. The van der Waals surface area contributed by atoms with Gasteiger partial charge in [0.2, 0.25) is 5.91 Å². The lowest BCUT2D eigenvalue weighted by Crippen LogP contribution is -2.50. The Bertz CT molecular complexity index is 746. The minimum absolute atomic E-state index is 0.0123. The molecule has 3 rings (SSSR count). The van der Waals surface area contributed by atoms with Crippen molar-refractivity contribution in [2.45, 2.75) is 42.7 Å². The highest BCUT2D eigenvalue weighted by atomic mass is 32.2. The van der Waals surface area contributed by atoms with Gasteiger partial charge in [-0.15, -0.1) is 11.3 Å². The molecule has 1 aliphatic carbocycles. The highest BCUT2D eigenvalue weighted by molar-refractivity contribution is 8.00. The molecule has 0 aromatic carbocycles. The maximum absolute atomic E-state index is 12.6. The topological polar surface area (TPSA) is 69.9 Å². The van der Waals surface area contributed by atoms with E-state index in [1.54, 1.807) is 23.3 Å². The second-order valence-corrected chi connectivity index (χ2v) is 7.64. The van der Waals surface area contributed by atoms with Crippen LogP contribution >= 0.6 is 23.1 Å². The molecular weight excluding hydrogens is 328 g/mol. The Labute approximate surface area is 143 Å². The summed E-state index contributed by atoms with van der Waals surface area (Å²) < 4.78 is 1.01. The lowest BCUT2D eigenvalue weighted by molar-refractivity contribution is -0.131. The molecule has 2 heterocycles. The zero-order valence-electron chi connectivity index (χ0n) is 13.0. The second kappa shape index (κ2) is 6.85. The van der Waals surface area contributed by atoms with Crippen LogP contribution in [0.3, 0.4) is 0 Å². The van der Waals surface area contributed by atoms with Crippen LogP contribution in [0.15, 0.2) is 22.8 Å². The van der Waals surface area contributed by atoms with E-state index in [9.17, 15) is 10.1 Å². The Morgan fingerprint density at radius 3 is 2.96 bits per heavy atom. The van der Waals surface area contributed by atoms with Crippen LogP contribution in [0.2, 0.25) is 0 Å². The monoisotopic (exact) mass is 346 g/mol. The summed E-state index contributed by atoms with van der Waals surface area (Å²) in [6, 6.07) is 4.34. The van der Waals surface area contributed by atoms with Crippen LogP contribution in [-0.4, -0.2) is 39.1 Å². The van der Waals surface area contributed by atoms with Crippen LogP contribution in [0.1, 0.15) is 32.1 Å². The number of carbonyl (C=O) groups excluding carboxylic acids is 1. The van der Waals surface area contributed by atoms with E-state index in [0.717, 1.165) is 47.3 Å². The number of nitriles is 1. The van der Waals surface area contributed by atoms with Gasteiger partial charge in [0.1, 0.15) is 16.9 Å². The molecule has 0 spiro atoms. The van der Waals surface area contributed by atoms with E-state index in [-0.39, 0.29) is 5.91 Å². The Morgan fingerprint density at radius 1 is 1.43 bits per heavy atom. The van der Waals surface area contributed by atoms with Crippen molar-refractivity contribution in [2.24, 2.45) is 0 Å². The number of carbonyl (C=O) groups is 1. The third-order valence-electron chi connectivity index (χ3n) is 4.45. The smallest absolute Gasteiger partial charge is 0.234 e. The normalized spacial score (nSPS) is 16.9. The van der Waals surface area contributed by atoms with Gasteiger partial charge in [0, 0.05) is 7.05 Å². The lowest BCUT2D eigenvalue weighted by atomic mass is 9.81. The molecule has 1 aliphatic rings. The maximum atomic E-state index is 12.6. The number of aromatic nitrogens is 2. The lowest BCUT2D eigenvalue weighted by Gasteiger charge is -2.39. The van der Waals surface area contributed by atoms with Gasteiger partial charge in [-0.05, 0) is 24.3 Å². The van der Waals surface area contributed by atoms with Crippen molar-refractivity contribution < 1.29 is 4.79 Å². The fraction of sp³-hybridized carbons (Fsp3) is 0.500. The Balaban J connectivity index is 1.69. The molecule has 0 saturated heterocycles. The molecule has 0 atom stereocenters. The summed E-state index contributed by atoms with van der Waals surface area (Å²) in [6.07, 6.45) is 6.26. The first-order valence-electron chi connectivity index (χ1n) is 7.65. The van der Waals surface area contributed by atoms with E-state index < -0.39 is 5.54 Å². The van der Waals surface area contributed by atoms with Crippen molar-refractivity contribution in [3.63, 3.8) is 0 Å². The summed E-state index contributed by atoms with van der Waals surface area (Å²) in [5.74, 6) is 0.283. The van der Waals surface area contributed by atoms with Crippen LogP contribution in [0.5, 0.6) is 0 Å². The summed E-state index contributed by atoms with van der Waals surface area (Å²) >= 11 is 3.01. The van der Waals surface area contributed by atoms with Gasteiger partial charge in [-0.1, -0.05) is 31.0 Å². The number of rotatable bonds is 4. The molecule has 0 N–H and O–H groups in total. The standard InChI is InChI=1S/C16H18N4OS2/c1-20(16(10-17)6-3-2-4-7-16)13(21)9-23-15-14-12(5-8-22-14)18-11-19-15/h5,8,11H,2-4,6-7,9H2,1H3. The molecule has 120 valence electrons. The van der Waals surface area contributed by atoms with Crippen molar-refractivity contribution in [3.05, 3.63) is 17.8 Å². The first kappa shape index (κ1) is 16.2. The maximum Gasteiger partial charge on any atom is 0.234 e. The first-order valence-corrected chi connectivity index (χ1v) is 9.52. The third kappa shape index (κ3) is 3.19. The fourth-order valence-electron chi connectivity index (χ4n) is 2.99. The van der Waals surface area contributed by atoms with Gasteiger partial charge in [-0.3, -0.25) is 4.79 Å².